The van der Waals surface area contributed by atoms with Crippen LogP contribution in [0.4, 0.5) is 0 Å². The first-order valence-corrected chi connectivity index (χ1v) is 13.2. The van der Waals surface area contributed by atoms with Crippen LogP contribution in [0, 0.1) is 0 Å². The van der Waals surface area contributed by atoms with E-state index in [9.17, 15) is 28.8 Å². The number of esters is 6. The summed E-state index contributed by atoms with van der Waals surface area (Å²) in [6, 6.07) is 6.12. The van der Waals surface area contributed by atoms with E-state index in [2.05, 4.69) is 0 Å². The lowest BCUT2D eigenvalue weighted by Crippen LogP contribution is -2.28. The van der Waals surface area contributed by atoms with Crippen molar-refractivity contribution in [2.45, 2.75) is 87.2 Å². The molecule has 0 aromatic heterocycles. The largest absolute Gasteiger partial charge is 0.461 e. The van der Waals surface area contributed by atoms with E-state index in [1.807, 2.05) is 13.8 Å². The second kappa shape index (κ2) is 14.9. The summed E-state index contributed by atoms with van der Waals surface area (Å²) in [5.41, 5.74) is 1.64. The zero-order valence-corrected chi connectivity index (χ0v) is 25.5. The molecule has 0 aliphatic carbocycles. The molecule has 0 N–H and O–H groups in total. The van der Waals surface area contributed by atoms with Gasteiger partial charge in [-0.2, -0.15) is 0 Å². The standard InChI is InChI=1S/C31H36O12/c1-17(32)38-13-23-9-27(42-21(5)36)10-24(14-39-18(2)33)29(23)31(7,8)30-25(15-40-19(3)34)11-28(43-22(6)37)12-26(30)16-41-20(4)35/h9-12H,13-16H2,1-8H3. The molecular weight excluding hydrogens is 564 g/mol. The summed E-state index contributed by atoms with van der Waals surface area (Å²) in [6.45, 7) is 10.1. The molecule has 0 fully saturated rings. The van der Waals surface area contributed by atoms with Gasteiger partial charge in [-0.05, 0) is 57.6 Å². The van der Waals surface area contributed by atoms with Crippen molar-refractivity contribution in [3.8, 4) is 11.5 Å². The van der Waals surface area contributed by atoms with Crippen molar-refractivity contribution in [1.82, 2.24) is 0 Å². The van der Waals surface area contributed by atoms with Crippen LogP contribution < -0.4 is 9.47 Å². The summed E-state index contributed by atoms with van der Waals surface area (Å²) in [5, 5.41) is 0. The Balaban J connectivity index is 3.01. The lowest BCUT2D eigenvalue weighted by molar-refractivity contribution is -0.143. The quantitative estimate of drug-likeness (QED) is 0.195. The van der Waals surface area contributed by atoms with Gasteiger partial charge in [-0.15, -0.1) is 0 Å². The molecule has 0 atom stereocenters. The molecule has 0 unspecified atom stereocenters. The van der Waals surface area contributed by atoms with Gasteiger partial charge in [-0.25, -0.2) is 0 Å². The van der Waals surface area contributed by atoms with Crippen molar-refractivity contribution >= 4 is 35.8 Å². The summed E-state index contributed by atoms with van der Waals surface area (Å²) < 4.78 is 32.0. The number of carbonyl (C=O) groups is 6. The SMILES string of the molecule is CC(=O)OCc1cc(OC(C)=O)cc(COC(C)=O)c1C(C)(C)c1c(COC(C)=O)cc(OC(C)=O)cc1COC(C)=O. The van der Waals surface area contributed by atoms with Crippen LogP contribution in [0.5, 0.6) is 11.5 Å². The van der Waals surface area contributed by atoms with E-state index in [1.165, 1.54) is 65.8 Å². The zero-order chi connectivity index (χ0) is 32.5. The van der Waals surface area contributed by atoms with Gasteiger partial charge in [-0.1, -0.05) is 13.8 Å². The minimum absolute atomic E-state index is 0.127. The molecule has 0 spiro atoms. The van der Waals surface area contributed by atoms with E-state index in [0.717, 1.165) is 0 Å². The highest BCUT2D eigenvalue weighted by molar-refractivity contribution is 5.72. The molecule has 0 heterocycles. The number of ether oxygens (including phenoxy) is 6. The van der Waals surface area contributed by atoms with Crippen LogP contribution in [0.15, 0.2) is 24.3 Å². The highest BCUT2D eigenvalue weighted by atomic mass is 16.6. The average Bonchev–Trinajstić information content (AvgIpc) is 2.86. The predicted octanol–water partition coefficient (Wildman–Crippen LogP) is 4.12. The van der Waals surface area contributed by atoms with Crippen molar-refractivity contribution in [1.29, 1.82) is 0 Å². The Kier molecular flexibility index (Phi) is 12.0. The zero-order valence-electron chi connectivity index (χ0n) is 25.5. The summed E-state index contributed by atoms with van der Waals surface area (Å²) in [7, 11) is 0. The minimum atomic E-state index is -1.08. The van der Waals surface area contributed by atoms with Gasteiger partial charge in [0.1, 0.15) is 37.9 Å². The van der Waals surface area contributed by atoms with Gasteiger partial charge in [0.25, 0.3) is 0 Å². The number of hydrogen-bond donors (Lipinski definition) is 0. The fraction of sp³-hybridized carbons (Fsp3) is 0.419. The monoisotopic (exact) mass is 600 g/mol. The molecule has 2 aromatic carbocycles. The van der Waals surface area contributed by atoms with Crippen LogP contribution in [0.2, 0.25) is 0 Å². The lowest BCUT2D eigenvalue weighted by atomic mass is 9.70. The summed E-state index contributed by atoms with van der Waals surface area (Å²) >= 11 is 0. The number of rotatable bonds is 12. The van der Waals surface area contributed by atoms with Crippen LogP contribution in [0.3, 0.4) is 0 Å². The van der Waals surface area contributed by atoms with Crippen LogP contribution in [0.1, 0.15) is 88.8 Å². The van der Waals surface area contributed by atoms with Crippen molar-refractivity contribution in [3.05, 3.63) is 57.6 Å². The molecule has 12 nitrogen and oxygen atoms in total. The third-order valence-electron chi connectivity index (χ3n) is 6.05. The Labute approximate surface area is 249 Å². The maximum atomic E-state index is 11.8. The first-order chi connectivity index (χ1) is 20.0. The first-order valence-electron chi connectivity index (χ1n) is 13.2. The van der Waals surface area contributed by atoms with Crippen molar-refractivity contribution in [2.75, 3.05) is 0 Å². The predicted molar refractivity (Wildman–Crippen MR) is 150 cm³/mol. The first kappa shape index (κ1) is 34.5. The number of benzene rings is 2. The number of hydrogen-bond acceptors (Lipinski definition) is 12. The lowest BCUT2D eigenvalue weighted by Gasteiger charge is -2.35. The van der Waals surface area contributed by atoms with Gasteiger partial charge < -0.3 is 28.4 Å². The normalized spacial score (nSPS) is 10.8. The third kappa shape index (κ3) is 10.2. The Hall–Kier alpha value is -4.74. The highest BCUT2D eigenvalue weighted by Gasteiger charge is 2.35. The van der Waals surface area contributed by atoms with Gasteiger partial charge >= 0.3 is 35.8 Å². The van der Waals surface area contributed by atoms with Crippen LogP contribution in [0.25, 0.3) is 0 Å². The second-order valence-corrected chi connectivity index (χ2v) is 10.2. The minimum Gasteiger partial charge on any atom is -0.461 e. The molecule has 12 heteroatoms. The van der Waals surface area contributed by atoms with E-state index in [1.54, 1.807) is 0 Å². The number of carbonyl (C=O) groups excluding carboxylic acids is 6. The molecule has 0 aliphatic rings. The molecular formula is C31H36O12. The Morgan fingerprint density at radius 1 is 0.465 bits per heavy atom. The molecule has 43 heavy (non-hydrogen) atoms. The van der Waals surface area contributed by atoms with Gasteiger partial charge in [0.2, 0.25) is 0 Å². The van der Waals surface area contributed by atoms with Gasteiger partial charge in [-0.3, -0.25) is 28.8 Å². The Morgan fingerprint density at radius 3 is 0.884 bits per heavy atom. The van der Waals surface area contributed by atoms with Crippen LogP contribution >= 0.6 is 0 Å². The molecule has 2 rings (SSSR count). The van der Waals surface area contributed by atoms with E-state index < -0.39 is 41.2 Å². The maximum Gasteiger partial charge on any atom is 0.308 e. The molecule has 232 valence electrons. The Morgan fingerprint density at radius 2 is 0.698 bits per heavy atom. The summed E-state index contributed by atoms with van der Waals surface area (Å²) in [4.78, 5) is 70.9. The van der Waals surface area contributed by atoms with Gasteiger partial charge in [0.05, 0.1) is 0 Å². The van der Waals surface area contributed by atoms with Gasteiger partial charge in [0, 0.05) is 47.0 Å². The molecule has 0 saturated carbocycles. The van der Waals surface area contributed by atoms with Crippen molar-refractivity contribution in [2.24, 2.45) is 0 Å². The summed E-state index contributed by atoms with van der Waals surface area (Å²) in [5.74, 6) is -3.22. The van der Waals surface area contributed by atoms with E-state index in [0.29, 0.717) is 33.4 Å². The van der Waals surface area contributed by atoms with Crippen molar-refractivity contribution in [3.63, 3.8) is 0 Å². The fourth-order valence-electron chi connectivity index (χ4n) is 4.82. The van der Waals surface area contributed by atoms with Crippen LogP contribution in [-0.4, -0.2) is 35.8 Å². The highest BCUT2D eigenvalue weighted by Crippen LogP contribution is 2.43. The Bertz CT molecular complexity index is 1240. The third-order valence-corrected chi connectivity index (χ3v) is 6.05. The van der Waals surface area contributed by atoms with E-state index in [-0.39, 0.29) is 37.9 Å². The molecule has 0 saturated heterocycles. The second-order valence-electron chi connectivity index (χ2n) is 10.2. The fourth-order valence-corrected chi connectivity index (χ4v) is 4.82. The molecule has 2 aromatic rings. The van der Waals surface area contributed by atoms with E-state index >= 15 is 0 Å². The van der Waals surface area contributed by atoms with E-state index in [4.69, 9.17) is 28.4 Å². The maximum absolute atomic E-state index is 11.8. The summed E-state index contributed by atoms with van der Waals surface area (Å²) in [6.07, 6.45) is 0. The molecule has 0 aliphatic heterocycles. The molecule has 0 amide bonds. The smallest absolute Gasteiger partial charge is 0.308 e. The van der Waals surface area contributed by atoms with Crippen molar-refractivity contribution < 1.29 is 57.2 Å². The van der Waals surface area contributed by atoms with Gasteiger partial charge in [0.15, 0.2) is 0 Å². The molecule has 0 bridgehead atoms. The molecule has 0 radical (unpaired) electrons. The van der Waals surface area contributed by atoms with Crippen LogP contribution in [-0.2, 0) is 79.6 Å². The average molecular weight is 601 g/mol. The topological polar surface area (TPSA) is 158 Å².